The number of pyridine rings is 2. The van der Waals surface area contributed by atoms with Gasteiger partial charge >= 0.3 is 11.9 Å². The number of nitro groups is 1. The second-order valence-electron chi connectivity index (χ2n) is 8.30. The lowest BCUT2D eigenvalue weighted by molar-refractivity contribution is -0.385. The molecule has 38 heavy (non-hydrogen) atoms. The second-order valence-corrected chi connectivity index (χ2v) is 8.30. The maximum atomic E-state index is 13.2. The number of hydrogen-bond acceptors (Lipinski definition) is 8. The fourth-order valence-electron chi connectivity index (χ4n) is 4.41. The molecule has 2 aliphatic rings. The second kappa shape index (κ2) is 12.3. The first-order valence-electron chi connectivity index (χ1n) is 12.7. The molecule has 0 atom stereocenters. The number of carbonyl (C=O) groups excluding carboxylic acids is 2. The highest BCUT2D eigenvalue weighted by molar-refractivity contribution is 5.97. The third-order valence-electron chi connectivity index (χ3n) is 5.78. The highest BCUT2D eigenvalue weighted by Crippen LogP contribution is 2.43. The molecule has 0 N–H and O–H groups in total. The highest BCUT2D eigenvalue weighted by Gasteiger charge is 2.39. The van der Waals surface area contributed by atoms with Gasteiger partial charge in [0.05, 0.1) is 41.1 Å². The largest absolute Gasteiger partial charge is 0.463 e. The number of ether oxygens (including phenoxy) is 2. The van der Waals surface area contributed by atoms with Crippen LogP contribution in [0.3, 0.4) is 0 Å². The lowest BCUT2D eigenvalue weighted by Gasteiger charge is -2.17. The number of aromatic nitrogens is 2. The van der Waals surface area contributed by atoms with Crippen molar-refractivity contribution < 1.29 is 24.0 Å². The van der Waals surface area contributed by atoms with Gasteiger partial charge in [-0.1, -0.05) is 52.3 Å². The normalized spacial score (nSPS) is 12.8. The number of esters is 2. The minimum Gasteiger partial charge on any atom is -0.463 e. The molecule has 0 saturated carbocycles. The van der Waals surface area contributed by atoms with Crippen molar-refractivity contribution in [1.29, 1.82) is 0 Å². The van der Waals surface area contributed by atoms with Crippen LogP contribution in [0.1, 0.15) is 63.3 Å². The molecular formula is C28H31N3O7. The van der Waals surface area contributed by atoms with E-state index in [0.717, 1.165) is 5.39 Å². The van der Waals surface area contributed by atoms with Crippen LogP contribution in [0, 0.1) is 10.1 Å². The number of hydrogen-bond donors (Lipinski definition) is 0. The number of rotatable bonds is 4. The van der Waals surface area contributed by atoms with E-state index in [-0.39, 0.29) is 54.4 Å². The number of fused-ring (bicyclic) bond motifs is 5. The van der Waals surface area contributed by atoms with E-state index in [1.165, 1.54) is 17.1 Å². The van der Waals surface area contributed by atoms with Gasteiger partial charge in [-0.3, -0.25) is 24.3 Å². The number of cyclic esters (lactones) is 1. The molecule has 4 heterocycles. The minimum absolute atomic E-state index is 0.0336. The molecule has 3 aromatic rings. The van der Waals surface area contributed by atoms with Gasteiger partial charge in [0.2, 0.25) is 0 Å². The lowest BCUT2D eigenvalue weighted by atomic mass is 9.97. The Kier molecular flexibility index (Phi) is 9.11. The van der Waals surface area contributed by atoms with E-state index < -0.39 is 22.4 Å². The Morgan fingerprint density at radius 1 is 1.16 bits per heavy atom. The van der Waals surface area contributed by atoms with E-state index in [0.29, 0.717) is 16.6 Å². The molecule has 0 unspecified atom stereocenters. The Hall–Kier alpha value is -4.34. The van der Waals surface area contributed by atoms with E-state index in [4.69, 9.17) is 9.47 Å². The topological polar surface area (TPSA) is 131 Å². The van der Waals surface area contributed by atoms with Gasteiger partial charge in [0.25, 0.3) is 11.2 Å². The van der Waals surface area contributed by atoms with Gasteiger partial charge in [-0.25, -0.2) is 9.78 Å². The van der Waals surface area contributed by atoms with Gasteiger partial charge < -0.3 is 9.47 Å². The van der Waals surface area contributed by atoms with Crippen LogP contribution < -0.4 is 5.56 Å². The summed E-state index contributed by atoms with van der Waals surface area (Å²) < 4.78 is 11.3. The number of nitrogens with zero attached hydrogens (tertiary/aromatic N) is 3. The Bertz CT molecular complexity index is 1490. The summed E-state index contributed by atoms with van der Waals surface area (Å²) in [5, 5.41) is 12.9. The molecule has 0 radical (unpaired) electrons. The van der Waals surface area contributed by atoms with Crippen molar-refractivity contribution in [3.05, 3.63) is 73.1 Å². The van der Waals surface area contributed by atoms with E-state index in [9.17, 15) is 24.5 Å². The van der Waals surface area contributed by atoms with Crippen molar-refractivity contribution in [2.45, 2.75) is 60.6 Å². The van der Waals surface area contributed by atoms with Crippen LogP contribution >= 0.6 is 0 Å². The van der Waals surface area contributed by atoms with Crippen molar-refractivity contribution in [2.75, 3.05) is 6.61 Å². The van der Waals surface area contributed by atoms with Gasteiger partial charge in [-0.05, 0) is 24.6 Å². The van der Waals surface area contributed by atoms with Crippen LogP contribution in [0.4, 0.5) is 5.69 Å². The Labute approximate surface area is 220 Å². The number of carbonyl (C=O) groups is 2. The maximum Gasteiger partial charge on any atom is 0.330 e. The summed E-state index contributed by atoms with van der Waals surface area (Å²) in [6, 6.07) is 7.17. The Morgan fingerprint density at radius 2 is 1.84 bits per heavy atom. The van der Waals surface area contributed by atoms with E-state index in [1.54, 1.807) is 25.1 Å². The first kappa shape index (κ1) is 28.2. The zero-order chi connectivity index (χ0) is 28.0. The van der Waals surface area contributed by atoms with Crippen LogP contribution in [0.2, 0.25) is 0 Å². The zero-order valence-corrected chi connectivity index (χ0v) is 22.2. The van der Waals surface area contributed by atoms with Crippen LogP contribution in [-0.2, 0) is 38.6 Å². The van der Waals surface area contributed by atoms with Crippen molar-refractivity contribution in [3.63, 3.8) is 0 Å². The molecule has 5 rings (SSSR count). The predicted molar refractivity (Wildman–Crippen MR) is 144 cm³/mol. The standard InChI is InChI=1S/C23H17N3O7.C3H8.C2H6/c1-2-32-18(27)8-7-12-13-5-3-4-6-17(13)24-20-15(12)10-25-22(20)21(26(30)31)14-9-19(28)33-11-16(14)23(25)29;1-3-2;1-2/h3-8H,2,9-11H2,1H3;3H2,1-2H3;1-2H3/b8-7+;;. The van der Waals surface area contributed by atoms with Gasteiger partial charge in [0.15, 0.2) is 0 Å². The van der Waals surface area contributed by atoms with Gasteiger partial charge in [-0.15, -0.1) is 0 Å². The molecule has 0 spiro atoms. The van der Waals surface area contributed by atoms with Crippen LogP contribution in [0.15, 0.2) is 35.1 Å². The first-order chi connectivity index (χ1) is 18.3. The molecule has 0 aliphatic carbocycles. The van der Waals surface area contributed by atoms with E-state index >= 15 is 0 Å². The molecule has 0 fully saturated rings. The monoisotopic (exact) mass is 521 g/mol. The summed E-state index contributed by atoms with van der Waals surface area (Å²) in [5.74, 6) is -1.16. The minimum atomic E-state index is -0.627. The summed E-state index contributed by atoms with van der Waals surface area (Å²) >= 11 is 0. The average molecular weight is 522 g/mol. The number of para-hydroxylation sites is 1. The van der Waals surface area contributed by atoms with E-state index in [2.05, 4.69) is 18.8 Å². The SMILES string of the molecule is CC.CCC.CCOC(=O)/C=C/c1c2c(nc3ccccc13)-c1c([N+](=O)[O-])c3c(c(=O)n1C2)COC(=O)C3. The molecule has 200 valence electrons. The molecule has 0 amide bonds. The maximum absolute atomic E-state index is 13.2. The molecule has 2 aromatic heterocycles. The smallest absolute Gasteiger partial charge is 0.330 e. The predicted octanol–water partition coefficient (Wildman–Crippen LogP) is 4.95. The summed E-state index contributed by atoms with van der Waals surface area (Å²) in [5.41, 5.74) is 1.48. The van der Waals surface area contributed by atoms with Crippen molar-refractivity contribution in [1.82, 2.24) is 9.55 Å². The van der Waals surface area contributed by atoms with Crippen molar-refractivity contribution >= 4 is 34.6 Å². The summed E-state index contributed by atoms with van der Waals surface area (Å²) in [7, 11) is 0. The van der Waals surface area contributed by atoms with Gasteiger partial charge in [-0.2, -0.15) is 0 Å². The lowest BCUT2D eigenvalue weighted by Crippen LogP contribution is -2.31. The third kappa shape index (κ3) is 5.20. The highest BCUT2D eigenvalue weighted by atomic mass is 16.6. The molecule has 0 saturated heterocycles. The number of benzene rings is 1. The fraction of sp³-hybridized carbons (Fsp3) is 0.357. The summed E-state index contributed by atoms with van der Waals surface area (Å²) in [6.07, 6.45) is 3.76. The fourth-order valence-corrected chi connectivity index (χ4v) is 4.41. The van der Waals surface area contributed by atoms with Gasteiger partial charge in [0.1, 0.15) is 18.0 Å². The summed E-state index contributed by atoms with van der Waals surface area (Å²) in [6.45, 7) is 9.89. The van der Waals surface area contributed by atoms with E-state index in [1.807, 2.05) is 26.0 Å². The van der Waals surface area contributed by atoms with Crippen LogP contribution in [0.25, 0.3) is 28.4 Å². The quantitative estimate of drug-likeness (QED) is 0.160. The first-order valence-corrected chi connectivity index (χ1v) is 12.7. The zero-order valence-electron chi connectivity index (χ0n) is 22.2. The molecule has 2 aliphatic heterocycles. The Balaban J connectivity index is 0.000000748. The Morgan fingerprint density at radius 3 is 2.50 bits per heavy atom. The molecule has 10 nitrogen and oxygen atoms in total. The van der Waals surface area contributed by atoms with Gasteiger partial charge in [0, 0.05) is 17.0 Å². The molecular weight excluding hydrogens is 490 g/mol. The van der Waals surface area contributed by atoms with Crippen molar-refractivity contribution in [2.24, 2.45) is 0 Å². The molecule has 10 heteroatoms. The van der Waals surface area contributed by atoms with Crippen LogP contribution in [0.5, 0.6) is 0 Å². The summed E-state index contributed by atoms with van der Waals surface area (Å²) in [4.78, 5) is 53.3. The average Bonchev–Trinajstić information content (AvgIpc) is 3.27. The third-order valence-corrected chi connectivity index (χ3v) is 5.78. The molecule has 0 bridgehead atoms. The van der Waals surface area contributed by atoms with Crippen LogP contribution in [-0.4, -0.2) is 33.0 Å². The molecule has 1 aromatic carbocycles. The van der Waals surface area contributed by atoms with Crippen molar-refractivity contribution in [3.8, 4) is 11.4 Å².